The van der Waals surface area contributed by atoms with Crippen molar-refractivity contribution in [1.82, 2.24) is 19.9 Å². The summed E-state index contributed by atoms with van der Waals surface area (Å²) in [7, 11) is 1.64. The van der Waals surface area contributed by atoms with Gasteiger partial charge in [0.05, 0.1) is 7.11 Å². The molecule has 0 unspecified atom stereocenters. The van der Waals surface area contributed by atoms with Crippen LogP contribution in [0.25, 0.3) is 11.0 Å². The van der Waals surface area contributed by atoms with Crippen LogP contribution in [0.3, 0.4) is 0 Å². The van der Waals surface area contributed by atoms with Gasteiger partial charge in [0.15, 0.2) is 0 Å². The molecule has 5 nitrogen and oxygen atoms in total. The lowest BCUT2D eigenvalue weighted by atomic mass is 10.1. The number of hydrogen-bond acceptors (Lipinski definition) is 4. The number of nitrogens with one attached hydrogen (secondary N) is 1. The number of H-pyrrole nitrogens is 1. The van der Waals surface area contributed by atoms with Crippen LogP contribution in [0.1, 0.15) is 22.5 Å². The molecule has 0 aliphatic carbocycles. The van der Waals surface area contributed by atoms with Gasteiger partial charge >= 0.3 is 0 Å². The van der Waals surface area contributed by atoms with Gasteiger partial charge in [-0.3, -0.25) is 4.98 Å². The van der Waals surface area contributed by atoms with Crippen molar-refractivity contribution in [2.24, 2.45) is 0 Å². The highest BCUT2D eigenvalue weighted by Crippen LogP contribution is 2.19. The van der Waals surface area contributed by atoms with Crippen molar-refractivity contribution in [2.75, 3.05) is 7.11 Å². The smallest absolute Gasteiger partial charge is 0.213 e. The lowest BCUT2D eigenvalue weighted by Crippen LogP contribution is -1.99. The molecule has 0 amide bonds. The van der Waals surface area contributed by atoms with Crippen LogP contribution in [0.15, 0.2) is 61.1 Å². The third-order valence-electron chi connectivity index (χ3n) is 4.44. The second kappa shape index (κ2) is 7.35. The fourth-order valence-electron chi connectivity index (χ4n) is 3.05. The molecule has 1 N–H and O–H groups in total. The van der Waals surface area contributed by atoms with Gasteiger partial charge in [0, 0.05) is 47.9 Å². The first kappa shape index (κ1) is 16.3. The van der Waals surface area contributed by atoms with E-state index in [1.807, 2.05) is 36.7 Å². The average molecular weight is 344 g/mol. The molecule has 0 radical (unpaired) electrons. The molecule has 4 aromatic rings. The van der Waals surface area contributed by atoms with Gasteiger partial charge in [-0.05, 0) is 48.2 Å². The number of aromatic nitrogens is 4. The molecule has 0 aromatic carbocycles. The maximum atomic E-state index is 5.17. The summed E-state index contributed by atoms with van der Waals surface area (Å²) in [4.78, 5) is 16.6. The molecule has 26 heavy (non-hydrogen) atoms. The van der Waals surface area contributed by atoms with Crippen molar-refractivity contribution < 1.29 is 4.74 Å². The van der Waals surface area contributed by atoms with Crippen molar-refractivity contribution in [2.45, 2.75) is 19.3 Å². The highest BCUT2D eigenvalue weighted by Gasteiger charge is 2.06. The van der Waals surface area contributed by atoms with Gasteiger partial charge in [-0.15, -0.1) is 0 Å². The molecule has 0 saturated heterocycles. The fraction of sp³-hybridized carbons (Fsp3) is 0.190. The largest absolute Gasteiger partial charge is 0.481 e. The molecule has 0 atom stereocenters. The molecule has 0 aliphatic heterocycles. The van der Waals surface area contributed by atoms with Gasteiger partial charge in [-0.25, -0.2) is 9.97 Å². The summed E-state index contributed by atoms with van der Waals surface area (Å²) in [6, 6.07) is 14.1. The van der Waals surface area contributed by atoms with E-state index in [0.29, 0.717) is 5.88 Å². The van der Waals surface area contributed by atoms with Crippen molar-refractivity contribution in [3.8, 4) is 5.88 Å². The van der Waals surface area contributed by atoms with E-state index in [1.54, 1.807) is 13.3 Å². The Hall–Kier alpha value is -3.21. The third kappa shape index (κ3) is 3.57. The summed E-state index contributed by atoms with van der Waals surface area (Å²) in [5.74, 6) is 0.652. The Morgan fingerprint density at radius 3 is 2.73 bits per heavy atom. The predicted octanol–water partition coefficient (Wildman–Crippen LogP) is 3.74. The minimum Gasteiger partial charge on any atom is -0.481 e. The highest BCUT2D eigenvalue weighted by atomic mass is 16.5. The Kier molecular flexibility index (Phi) is 4.60. The molecule has 0 aliphatic rings. The molecule has 0 fully saturated rings. The monoisotopic (exact) mass is 344 g/mol. The summed E-state index contributed by atoms with van der Waals surface area (Å²) >= 11 is 0. The van der Waals surface area contributed by atoms with E-state index < -0.39 is 0 Å². The van der Waals surface area contributed by atoms with E-state index in [2.05, 4.69) is 38.1 Å². The summed E-state index contributed by atoms with van der Waals surface area (Å²) in [5, 5.41) is 1.17. The molecule has 5 heteroatoms. The van der Waals surface area contributed by atoms with Crippen LogP contribution in [-0.2, 0) is 19.3 Å². The van der Waals surface area contributed by atoms with E-state index in [0.717, 1.165) is 36.3 Å². The zero-order chi connectivity index (χ0) is 17.8. The zero-order valence-electron chi connectivity index (χ0n) is 14.6. The second-order valence-electron chi connectivity index (χ2n) is 6.22. The summed E-state index contributed by atoms with van der Waals surface area (Å²) in [6.07, 6.45) is 8.34. The van der Waals surface area contributed by atoms with Crippen LogP contribution in [0.2, 0.25) is 0 Å². The minimum atomic E-state index is 0.652. The van der Waals surface area contributed by atoms with Crippen molar-refractivity contribution in [3.05, 3.63) is 83.6 Å². The summed E-state index contributed by atoms with van der Waals surface area (Å²) in [5.41, 5.74) is 5.44. The molecule has 0 spiro atoms. The molecule has 130 valence electrons. The predicted molar refractivity (Wildman–Crippen MR) is 101 cm³/mol. The Bertz CT molecular complexity index is 1010. The van der Waals surface area contributed by atoms with E-state index in [4.69, 9.17) is 4.74 Å². The van der Waals surface area contributed by atoms with Crippen LogP contribution in [0, 0.1) is 0 Å². The normalized spacial score (nSPS) is 11.0. The van der Waals surface area contributed by atoms with E-state index in [-0.39, 0.29) is 0 Å². The van der Waals surface area contributed by atoms with E-state index in [9.17, 15) is 0 Å². The lowest BCUT2D eigenvalue weighted by molar-refractivity contribution is 0.396. The first-order valence-electron chi connectivity index (χ1n) is 8.66. The van der Waals surface area contributed by atoms with Gasteiger partial charge in [0.2, 0.25) is 5.88 Å². The van der Waals surface area contributed by atoms with Crippen molar-refractivity contribution in [1.29, 1.82) is 0 Å². The first-order valence-corrected chi connectivity index (χ1v) is 8.66. The van der Waals surface area contributed by atoms with Gasteiger partial charge in [0.25, 0.3) is 0 Å². The van der Waals surface area contributed by atoms with Crippen LogP contribution in [-0.4, -0.2) is 27.0 Å². The number of ether oxygens (including phenoxy) is 1. The molecule has 0 bridgehead atoms. The Morgan fingerprint density at radius 2 is 1.88 bits per heavy atom. The van der Waals surface area contributed by atoms with Crippen molar-refractivity contribution >= 4 is 11.0 Å². The molecule has 4 heterocycles. The topological polar surface area (TPSA) is 63.7 Å². The second-order valence-corrected chi connectivity index (χ2v) is 6.22. The number of fused-ring (bicyclic) bond motifs is 1. The number of rotatable bonds is 6. The minimum absolute atomic E-state index is 0.652. The van der Waals surface area contributed by atoms with Crippen LogP contribution < -0.4 is 4.74 Å². The van der Waals surface area contributed by atoms with E-state index >= 15 is 0 Å². The maximum absolute atomic E-state index is 5.17. The quantitative estimate of drug-likeness (QED) is 0.579. The Labute approximate surface area is 152 Å². The van der Waals surface area contributed by atoms with Crippen LogP contribution in [0.5, 0.6) is 5.88 Å². The highest BCUT2D eigenvalue weighted by molar-refractivity contribution is 5.79. The maximum Gasteiger partial charge on any atom is 0.213 e. The molecule has 4 rings (SSSR count). The molecule has 0 saturated carbocycles. The van der Waals surface area contributed by atoms with Crippen LogP contribution >= 0.6 is 0 Å². The van der Waals surface area contributed by atoms with Gasteiger partial charge in [0.1, 0.15) is 5.65 Å². The Morgan fingerprint density at radius 1 is 0.962 bits per heavy atom. The summed E-state index contributed by atoms with van der Waals surface area (Å²) < 4.78 is 5.17. The van der Waals surface area contributed by atoms with Crippen LogP contribution in [0.4, 0.5) is 0 Å². The van der Waals surface area contributed by atoms with E-state index in [1.165, 1.54) is 16.5 Å². The van der Waals surface area contributed by atoms with Gasteiger partial charge < -0.3 is 9.72 Å². The molecular formula is C21H20N4O. The standard InChI is InChI=1S/C21H20N4O/c1-26-20-6-2-4-18(25-20)10-9-17-8-7-15(13-23-17)12-16-14-24-21-19(16)5-3-11-22-21/h2-8,11,13-14H,9-10,12H2,1H3,(H,22,24). The number of aryl methyl sites for hydroxylation is 2. The van der Waals surface area contributed by atoms with Gasteiger partial charge in [-0.2, -0.15) is 0 Å². The Balaban J connectivity index is 1.41. The van der Waals surface area contributed by atoms with Gasteiger partial charge in [-0.1, -0.05) is 12.1 Å². The number of nitrogens with zero attached hydrogens (tertiary/aromatic N) is 3. The zero-order valence-corrected chi connectivity index (χ0v) is 14.6. The SMILES string of the molecule is COc1cccc(CCc2ccc(Cc3c[nH]c4ncccc34)cn2)n1. The first-order chi connectivity index (χ1) is 12.8. The lowest BCUT2D eigenvalue weighted by Gasteiger charge is -2.05. The number of hydrogen-bond donors (Lipinski definition) is 1. The molecule has 4 aromatic heterocycles. The third-order valence-corrected chi connectivity index (χ3v) is 4.44. The van der Waals surface area contributed by atoms with Crippen molar-refractivity contribution in [3.63, 3.8) is 0 Å². The summed E-state index contributed by atoms with van der Waals surface area (Å²) in [6.45, 7) is 0. The molecular weight excluding hydrogens is 324 g/mol. The average Bonchev–Trinajstić information content (AvgIpc) is 3.11. The number of aromatic amines is 1. The fourth-order valence-corrected chi connectivity index (χ4v) is 3.05. The number of pyridine rings is 3. The number of methoxy groups -OCH3 is 1.